The Bertz CT molecular complexity index is 712. The van der Waals surface area contributed by atoms with Crippen molar-refractivity contribution in [3.8, 4) is 0 Å². The number of carbonyl (C=O) groups is 2. The van der Waals surface area contributed by atoms with Gasteiger partial charge in [0.2, 0.25) is 0 Å². The summed E-state index contributed by atoms with van der Waals surface area (Å²) in [6, 6.07) is 9.14. The van der Waals surface area contributed by atoms with Crippen molar-refractivity contribution in [2.24, 2.45) is 0 Å². The minimum absolute atomic E-state index is 0.0789. The van der Waals surface area contributed by atoms with Crippen molar-refractivity contribution in [1.29, 1.82) is 0 Å². The van der Waals surface area contributed by atoms with Crippen molar-refractivity contribution in [3.05, 3.63) is 41.6 Å². The van der Waals surface area contributed by atoms with Gasteiger partial charge in [-0.1, -0.05) is 31.5 Å². The molecule has 0 aliphatic heterocycles. The maximum absolute atomic E-state index is 12.3. The Morgan fingerprint density at radius 1 is 1.30 bits per heavy atom. The summed E-state index contributed by atoms with van der Waals surface area (Å²) in [5.74, 6) is -0.792. The molecule has 2 aromatic rings. The number of carbonyl (C=O) groups excluding carboxylic acids is 2. The van der Waals surface area contributed by atoms with E-state index in [0.717, 1.165) is 29.4 Å². The van der Waals surface area contributed by atoms with Gasteiger partial charge in [-0.15, -0.1) is 0 Å². The number of nitrogens with zero attached hydrogens (tertiary/aromatic N) is 1. The number of nitrogens with one attached hydrogen (secondary N) is 1. The second-order valence-corrected chi connectivity index (χ2v) is 5.66. The van der Waals surface area contributed by atoms with Crippen LogP contribution in [0.5, 0.6) is 0 Å². The van der Waals surface area contributed by atoms with E-state index in [4.69, 9.17) is 4.74 Å². The maximum atomic E-state index is 12.3. The Balaban J connectivity index is 2.05. The summed E-state index contributed by atoms with van der Waals surface area (Å²) in [4.78, 5) is 28.5. The molecule has 5 nitrogen and oxygen atoms in total. The van der Waals surface area contributed by atoms with Crippen LogP contribution in [0, 0.1) is 6.92 Å². The van der Waals surface area contributed by atoms with E-state index in [9.17, 15) is 9.59 Å². The minimum Gasteiger partial charge on any atom is -0.452 e. The molecule has 0 fully saturated rings. The van der Waals surface area contributed by atoms with Crippen LogP contribution in [0.1, 0.15) is 42.7 Å². The van der Waals surface area contributed by atoms with E-state index in [0.29, 0.717) is 5.56 Å². The zero-order chi connectivity index (χ0) is 16.8. The number of esters is 1. The number of amides is 1. The highest BCUT2D eigenvalue weighted by atomic mass is 16.5. The van der Waals surface area contributed by atoms with Gasteiger partial charge in [0.05, 0.1) is 11.1 Å². The van der Waals surface area contributed by atoms with Crippen molar-refractivity contribution in [2.75, 3.05) is 6.61 Å². The van der Waals surface area contributed by atoms with Crippen molar-refractivity contribution in [3.63, 3.8) is 0 Å². The quantitative estimate of drug-likeness (QED) is 0.832. The lowest BCUT2D eigenvalue weighted by Gasteiger charge is -2.13. The van der Waals surface area contributed by atoms with Gasteiger partial charge in [0, 0.05) is 17.1 Å². The highest BCUT2D eigenvalue weighted by Gasteiger charge is 2.15. The van der Waals surface area contributed by atoms with E-state index >= 15 is 0 Å². The van der Waals surface area contributed by atoms with Gasteiger partial charge in [0.25, 0.3) is 5.91 Å². The Labute approximate surface area is 136 Å². The lowest BCUT2D eigenvalue weighted by molar-refractivity contribution is -0.124. The van der Waals surface area contributed by atoms with E-state index in [1.54, 1.807) is 6.07 Å². The van der Waals surface area contributed by atoms with Gasteiger partial charge in [-0.3, -0.25) is 9.78 Å². The number of hydrogen-bond donors (Lipinski definition) is 1. The van der Waals surface area contributed by atoms with Gasteiger partial charge in [0.15, 0.2) is 6.61 Å². The molecule has 5 heteroatoms. The first-order chi connectivity index (χ1) is 11.0. The van der Waals surface area contributed by atoms with Crippen molar-refractivity contribution in [2.45, 2.75) is 39.7 Å². The normalized spacial score (nSPS) is 12.0. The molecular formula is C18H22N2O3. The molecule has 0 saturated heterocycles. The largest absolute Gasteiger partial charge is 0.452 e. The molecule has 1 heterocycles. The van der Waals surface area contributed by atoms with Gasteiger partial charge in [0.1, 0.15) is 0 Å². The molecule has 1 atom stereocenters. The highest BCUT2D eigenvalue weighted by Crippen LogP contribution is 2.19. The van der Waals surface area contributed by atoms with E-state index in [1.165, 1.54) is 0 Å². The molecule has 1 amide bonds. The van der Waals surface area contributed by atoms with E-state index in [-0.39, 0.29) is 18.6 Å². The van der Waals surface area contributed by atoms with Crippen molar-refractivity contribution in [1.82, 2.24) is 10.3 Å². The van der Waals surface area contributed by atoms with E-state index in [1.807, 2.05) is 38.1 Å². The van der Waals surface area contributed by atoms with Crippen molar-refractivity contribution < 1.29 is 14.3 Å². The van der Waals surface area contributed by atoms with Gasteiger partial charge >= 0.3 is 5.97 Å². The molecule has 0 aliphatic carbocycles. The van der Waals surface area contributed by atoms with Crippen LogP contribution in [0.2, 0.25) is 0 Å². The van der Waals surface area contributed by atoms with Gasteiger partial charge in [-0.25, -0.2) is 4.79 Å². The number of rotatable bonds is 6. The third kappa shape index (κ3) is 4.52. The molecule has 0 spiro atoms. The standard InChI is InChI=1S/C18H22N2O3/c1-4-7-12(2)20-17(21)11-23-18(22)15-10-13(3)19-16-9-6-5-8-14(15)16/h5-6,8-10,12H,4,7,11H2,1-3H3,(H,20,21). The second-order valence-electron chi connectivity index (χ2n) is 5.66. The Hall–Kier alpha value is -2.43. The SMILES string of the molecule is CCCC(C)NC(=O)COC(=O)c1cc(C)nc2ccccc12. The molecule has 0 radical (unpaired) electrons. The fraction of sp³-hybridized carbons (Fsp3) is 0.389. The first kappa shape index (κ1) is 16.9. The van der Waals surface area contributed by atoms with Crippen LogP contribution < -0.4 is 5.32 Å². The van der Waals surface area contributed by atoms with Crippen LogP contribution in [0.4, 0.5) is 0 Å². The first-order valence-corrected chi connectivity index (χ1v) is 7.84. The summed E-state index contributed by atoms with van der Waals surface area (Å²) in [5, 5.41) is 3.53. The van der Waals surface area contributed by atoms with Gasteiger partial charge < -0.3 is 10.1 Å². The molecular weight excluding hydrogens is 292 g/mol. The van der Waals surface area contributed by atoms with Crippen molar-refractivity contribution >= 4 is 22.8 Å². The topological polar surface area (TPSA) is 68.3 Å². The maximum Gasteiger partial charge on any atom is 0.339 e. The molecule has 2 rings (SSSR count). The Kier molecular flexibility index (Phi) is 5.68. The van der Waals surface area contributed by atoms with Crippen LogP contribution in [-0.2, 0) is 9.53 Å². The number of para-hydroxylation sites is 1. The predicted octanol–water partition coefficient (Wildman–Crippen LogP) is 3.00. The third-order valence-corrected chi connectivity index (χ3v) is 3.53. The highest BCUT2D eigenvalue weighted by molar-refractivity contribution is 6.04. The second kappa shape index (κ2) is 7.72. The summed E-state index contributed by atoms with van der Waals surface area (Å²) >= 11 is 0. The Morgan fingerprint density at radius 2 is 2.04 bits per heavy atom. The smallest absolute Gasteiger partial charge is 0.339 e. The molecule has 23 heavy (non-hydrogen) atoms. The monoisotopic (exact) mass is 314 g/mol. The summed E-state index contributed by atoms with van der Waals surface area (Å²) in [7, 11) is 0. The predicted molar refractivity (Wildman–Crippen MR) is 89.3 cm³/mol. The van der Waals surface area contributed by atoms with Crippen LogP contribution in [0.25, 0.3) is 10.9 Å². The Morgan fingerprint density at radius 3 is 2.78 bits per heavy atom. The van der Waals surface area contributed by atoms with E-state index in [2.05, 4.69) is 17.2 Å². The molecule has 1 aromatic heterocycles. The first-order valence-electron chi connectivity index (χ1n) is 7.84. The molecule has 1 N–H and O–H groups in total. The van der Waals surface area contributed by atoms with Gasteiger partial charge in [-0.2, -0.15) is 0 Å². The lowest BCUT2D eigenvalue weighted by Crippen LogP contribution is -2.35. The van der Waals surface area contributed by atoms with Crippen LogP contribution in [-0.4, -0.2) is 29.5 Å². The van der Waals surface area contributed by atoms with Crippen LogP contribution in [0.15, 0.2) is 30.3 Å². The number of aromatic nitrogens is 1. The summed E-state index contributed by atoms with van der Waals surface area (Å²) in [6.45, 7) is 5.54. The molecule has 1 unspecified atom stereocenters. The van der Waals surface area contributed by atoms with Gasteiger partial charge in [-0.05, 0) is 32.4 Å². The zero-order valence-corrected chi connectivity index (χ0v) is 13.8. The third-order valence-electron chi connectivity index (χ3n) is 3.53. The molecule has 122 valence electrons. The number of aryl methyl sites for hydroxylation is 1. The lowest BCUT2D eigenvalue weighted by atomic mass is 10.1. The fourth-order valence-electron chi connectivity index (χ4n) is 2.51. The molecule has 0 bridgehead atoms. The number of hydrogen-bond acceptors (Lipinski definition) is 4. The fourth-order valence-corrected chi connectivity index (χ4v) is 2.51. The van der Waals surface area contributed by atoms with Crippen LogP contribution in [0.3, 0.4) is 0 Å². The average Bonchev–Trinajstić information content (AvgIpc) is 2.52. The number of ether oxygens (including phenoxy) is 1. The van der Waals surface area contributed by atoms with Crippen LogP contribution >= 0.6 is 0 Å². The minimum atomic E-state index is -0.509. The number of benzene rings is 1. The summed E-state index contributed by atoms with van der Waals surface area (Å²) in [6.07, 6.45) is 1.89. The average molecular weight is 314 g/mol. The zero-order valence-electron chi connectivity index (χ0n) is 13.8. The number of pyridine rings is 1. The summed E-state index contributed by atoms with van der Waals surface area (Å²) in [5.41, 5.74) is 1.90. The molecule has 1 aromatic carbocycles. The van der Waals surface area contributed by atoms with E-state index < -0.39 is 5.97 Å². The molecule has 0 aliphatic rings. The number of fused-ring (bicyclic) bond motifs is 1. The molecule has 0 saturated carbocycles. The summed E-state index contributed by atoms with van der Waals surface area (Å²) < 4.78 is 5.15.